The topological polar surface area (TPSA) is 64.6 Å². The molecule has 1 amide bonds. The fourth-order valence-corrected chi connectivity index (χ4v) is 3.50. The lowest BCUT2D eigenvalue weighted by atomic mass is 10.0. The predicted octanol–water partition coefficient (Wildman–Crippen LogP) is 3.75. The van der Waals surface area contributed by atoms with Gasteiger partial charge in [-0.15, -0.1) is 0 Å². The molecule has 0 heterocycles. The lowest BCUT2D eigenvalue weighted by Gasteiger charge is -2.18. The normalized spacial score (nSPS) is 13.5. The summed E-state index contributed by atoms with van der Waals surface area (Å²) in [7, 11) is 0. The number of esters is 1. The summed E-state index contributed by atoms with van der Waals surface area (Å²) in [6.07, 6.45) is 5.09. The van der Waals surface area contributed by atoms with Crippen molar-refractivity contribution in [3.05, 3.63) is 65.2 Å². The monoisotopic (exact) mass is 381 g/mol. The van der Waals surface area contributed by atoms with Crippen molar-refractivity contribution in [1.29, 1.82) is 0 Å². The third-order valence-electron chi connectivity index (χ3n) is 4.91. The Labute approximate surface area is 166 Å². The minimum atomic E-state index is -0.553. The first-order chi connectivity index (χ1) is 13.7. The van der Waals surface area contributed by atoms with Gasteiger partial charge in [-0.3, -0.25) is 4.79 Å². The number of fused-ring (bicyclic) bond motifs is 1. The van der Waals surface area contributed by atoms with Crippen molar-refractivity contribution in [2.24, 2.45) is 0 Å². The minimum Gasteiger partial charge on any atom is -0.482 e. The van der Waals surface area contributed by atoms with Gasteiger partial charge in [0.25, 0.3) is 5.91 Å². The van der Waals surface area contributed by atoms with E-state index in [4.69, 9.17) is 9.47 Å². The number of rotatable bonds is 9. The van der Waals surface area contributed by atoms with Gasteiger partial charge in [0.15, 0.2) is 13.2 Å². The molecule has 5 heteroatoms. The van der Waals surface area contributed by atoms with Crippen molar-refractivity contribution < 1.29 is 19.1 Å². The molecule has 1 atom stereocenters. The number of hydrogen-bond acceptors (Lipinski definition) is 4. The molecule has 0 aromatic heterocycles. The van der Waals surface area contributed by atoms with Gasteiger partial charge < -0.3 is 14.8 Å². The Morgan fingerprint density at radius 1 is 1.04 bits per heavy atom. The highest BCUT2D eigenvalue weighted by Gasteiger charge is 2.16. The van der Waals surface area contributed by atoms with E-state index in [-0.39, 0.29) is 25.2 Å². The van der Waals surface area contributed by atoms with Gasteiger partial charge >= 0.3 is 5.97 Å². The Balaban J connectivity index is 1.42. The highest BCUT2D eigenvalue weighted by Crippen LogP contribution is 2.26. The number of amides is 1. The Morgan fingerprint density at radius 2 is 1.82 bits per heavy atom. The molecule has 1 aliphatic rings. The zero-order chi connectivity index (χ0) is 19.8. The second-order valence-corrected chi connectivity index (χ2v) is 7.05. The molecule has 0 aliphatic heterocycles. The average Bonchev–Trinajstić information content (AvgIpc) is 3.19. The van der Waals surface area contributed by atoms with Gasteiger partial charge in [0.05, 0.1) is 6.04 Å². The summed E-state index contributed by atoms with van der Waals surface area (Å²) in [5, 5.41) is 2.93. The van der Waals surface area contributed by atoms with Crippen LogP contribution in [0, 0.1) is 0 Å². The van der Waals surface area contributed by atoms with E-state index < -0.39 is 5.97 Å². The van der Waals surface area contributed by atoms with Crippen LogP contribution in [0.5, 0.6) is 5.75 Å². The van der Waals surface area contributed by atoms with Crippen molar-refractivity contribution >= 4 is 11.9 Å². The van der Waals surface area contributed by atoms with Crippen LogP contribution >= 0.6 is 0 Å². The van der Waals surface area contributed by atoms with E-state index in [1.165, 1.54) is 11.1 Å². The van der Waals surface area contributed by atoms with E-state index in [0.717, 1.165) is 37.7 Å². The predicted molar refractivity (Wildman–Crippen MR) is 107 cm³/mol. The number of ether oxygens (including phenoxy) is 2. The van der Waals surface area contributed by atoms with E-state index in [2.05, 4.69) is 12.2 Å². The molecule has 5 nitrogen and oxygen atoms in total. The van der Waals surface area contributed by atoms with Crippen LogP contribution in [0.3, 0.4) is 0 Å². The number of benzene rings is 2. The lowest BCUT2D eigenvalue weighted by molar-refractivity contribution is -0.150. The summed E-state index contributed by atoms with van der Waals surface area (Å²) in [5.74, 6) is -0.204. The smallest absolute Gasteiger partial charge is 0.344 e. The molecule has 0 radical (unpaired) electrons. The number of carbonyl (C=O) groups is 2. The van der Waals surface area contributed by atoms with Gasteiger partial charge in [-0.1, -0.05) is 49.7 Å². The van der Waals surface area contributed by atoms with Crippen molar-refractivity contribution in [1.82, 2.24) is 5.32 Å². The molecular weight excluding hydrogens is 354 g/mol. The molecule has 3 rings (SSSR count). The quantitative estimate of drug-likeness (QED) is 0.672. The Morgan fingerprint density at radius 3 is 2.61 bits per heavy atom. The van der Waals surface area contributed by atoms with Gasteiger partial charge in [0.1, 0.15) is 5.75 Å². The summed E-state index contributed by atoms with van der Waals surface area (Å²) >= 11 is 0. The van der Waals surface area contributed by atoms with Gasteiger partial charge in [-0.2, -0.15) is 0 Å². The second kappa shape index (κ2) is 9.93. The van der Waals surface area contributed by atoms with Crippen molar-refractivity contribution in [3.8, 4) is 5.75 Å². The fraction of sp³-hybridized carbons (Fsp3) is 0.391. The molecular formula is C23H27NO4. The maximum absolute atomic E-state index is 12.2. The standard InChI is InChI=1S/C23H27NO4/c1-2-7-21(18-8-4-3-5-9-18)24-22(25)15-28-23(26)16-27-20-13-12-17-10-6-11-19(17)14-20/h3-5,8-9,12-14,21H,2,6-7,10-11,15-16H2,1H3,(H,24,25)/t21-/m1/s1. The molecule has 1 aliphatic carbocycles. The van der Waals surface area contributed by atoms with E-state index in [0.29, 0.717) is 5.75 Å². The number of hydrogen-bond donors (Lipinski definition) is 1. The number of aryl methyl sites for hydroxylation is 2. The molecule has 1 N–H and O–H groups in total. The zero-order valence-electron chi connectivity index (χ0n) is 16.3. The van der Waals surface area contributed by atoms with E-state index in [9.17, 15) is 9.59 Å². The molecule has 148 valence electrons. The molecule has 0 saturated heterocycles. The molecule has 0 bridgehead atoms. The molecule has 0 fully saturated rings. The van der Waals surface area contributed by atoms with Crippen LogP contribution in [0.2, 0.25) is 0 Å². The Hall–Kier alpha value is -2.82. The molecule has 0 saturated carbocycles. The van der Waals surface area contributed by atoms with Crippen LogP contribution in [-0.4, -0.2) is 25.1 Å². The summed E-state index contributed by atoms with van der Waals surface area (Å²) in [4.78, 5) is 24.1. The highest BCUT2D eigenvalue weighted by atomic mass is 16.6. The fourth-order valence-electron chi connectivity index (χ4n) is 3.50. The van der Waals surface area contributed by atoms with Crippen LogP contribution in [0.1, 0.15) is 48.9 Å². The molecule has 28 heavy (non-hydrogen) atoms. The number of nitrogens with one attached hydrogen (secondary N) is 1. The van der Waals surface area contributed by atoms with Gasteiger partial charge in [0.2, 0.25) is 0 Å². The first-order valence-electron chi connectivity index (χ1n) is 9.90. The van der Waals surface area contributed by atoms with Gasteiger partial charge in [-0.25, -0.2) is 4.79 Å². The van der Waals surface area contributed by atoms with Crippen LogP contribution in [-0.2, 0) is 27.2 Å². The second-order valence-electron chi connectivity index (χ2n) is 7.05. The molecule has 2 aromatic carbocycles. The van der Waals surface area contributed by atoms with Gasteiger partial charge in [-0.05, 0) is 54.5 Å². The Kier molecular flexibility index (Phi) is 7.06. The zero-order valence-corrected chi connectivity index (χ0v) is 16.3. The van der Waals surface area contributed by atoms with Crippen LogP contribution < -0.4 is 10.1 Å². The summed E-state index contributed by atoms with van der Waals surface area (Å²) in [6, 6.07) is 15.6. The largest absolute Gasteiger partial charge is 0.482 e. The van der Waals surface area contributed by atoms with E-state index in [1.807, 2.05) is 48.5 Å². The van der Waals surface area contributed by atoms with Crippen molar-refractivity contribution in [3.63, 3.8) is 0 Å². The summed E-state index contributed by atoms with van der Waals surface area (Å²) < 4.78 is 10.6. The minimum absolute atomic E-state index is 0.0833. The first-order valence-corrected chi connectivity index (χ1v) is 9.90. The van der Waals surface area contributed by atoms with Crippen LogP contribution in [0.25, 0.3) is 0 Å². The van der Waals surface area contributed by atoms with E-state index in [1.54, 1.807) is 0 Å². The van der Waals surface area contributed by atoms with Crippen molar-refractivity contribution in [2.75, 3.05) is 13.2 Å². The first kappa shape index (κ1) is 19.9. The summed E-state index contributed by atoms with van der Waals surface area (Å²) in [6.45, 7) is 1.56. The third-order valence-corrected chi connectivity index (χ3v) is 4.91. The molecule has 0 unspecified atom stereocenters. The maximum Gasteiger partial charge on any atom is 0.344 e. The van der Waals surface area contributed by atoms with Crippen LogP contribution in [0.15, 0.2) is 48.5 Å². The highest BCUT2D eigenvalue weighted by molar-refractivity contribution is 5.81. The van der Waals surface area contributed by atoms with E-state index >= 15 is 0 Å². The third kappa shape index (κ3) is 5.59. The average molecular weight is 381 g/mol. The molecule has 2 aromatic rings. The number of carbonyl (C=O) groups excluding carboxylic acids is 2. The SMILES string of the molecule is CCC[C@@H](NC(=O)COC(=O)COc1ccc2c(c1)CCC2)c1ccccc1. The lowest BCUT2D eigenvalue weighted by Crippen LogP contribution is -2.33. The van der Waals surface area contributed by atoms with Crippen LogP contribution in [0.4, 0.5) is 0 Å². The molecule has 0 spiro atoms. The summed E-state index contributed by atoms with van der Waals surface area (Å²) in [5.41, 5.74) is 3.68. The Bertz CT molecular complexity index is 804. The van der Waals surface area contributed by atoms with Crippen molar-refractivity contribution in [2.45, 2.75) is 45.1 Å². The maximum atomic E-state index is 12.2. The van der Waals surface area contributed by atoms with Gasteiger partial charge in [0, 0.05) is 0 Å².